The van der Waals surface area contributed by atoms with Crippen molar-refractivity contribution in [1.82, 2.24) is 14.9 Å². The first-order chi connectivity index (χ1) is 11.2. The van der Waals surface area contributed by atoms with Gasteiger partial charge in [-0.25, -0.2) is 9.97 Å². The topological polar surface area (TPSA) is 67.4 Å². The summed E-state index contributed by atoms with van der Waals surface area (Å²) in [5, 5.41) is 7.15. The second-order valence-electron chi connectivity index (χ2n) is 6.10. The van der Waals surface area contributed by atoms with E-state index in [0.717, 1.165) is 24.9 Å². The van der Waals surface area contributed by atoms with E-state index in [0.29, 0.717) is 19.1 Å². The number of ether oxygens (including phenoxy) is 1. The maximum absolute atomic E-state index is 12.5. The fourth-order valence-electron chi connectivity index (χ4n) is 3.36. The van der Waals surface area contributed by atoms with Crippen LogP contribution in [0, 0.1) is 0 Å². The van der Waals surface area contributed by atoms with E-state index < -0.39 is 0 Å². The summed E-state index contributed by atoms with van der Waals surface area (Å²) >= 11 is 1.55. The van der Waals surface area contributed by atoms with Crippen LogP contribution in [0.5, 0.6) is 0 Å². The standard InChI is InChI=1S/C16H18N4O2S/c21-14(12-2-7-23-10-12)20-6-3-16(11-20)8-13(9-22-16)19-15-17-4-1-5-18-15/h1-2,4-5,7,10,13H,3,6,8-9,11H2,(H,17,18,19)/t13-,16-/m0/s1. The fraction of sp³-hybridized carbons (Fsp3) is 0.438. The summed E-state index contributed by atoms with van der Waals surface area (Å²) in [6, 6.07) is 3.86. The Balaban J connectivity index is 1.38. The Morgan fingerprint density at radius 1 is 1.43 bits per heavy atom. The third-order valence-corrected chi connectivity index (χ3v) is 5.16. The van der Waals surface area contributed by atoms with Crippen molar-refractivity contribution in [2.75, 3.05) is 25.0 Å². The minimum absolute atomic E-state index is 0.106. The zero-order valence-corrected chi connectivity index (χ0v) is 13.5. The molecule has 0 radical (unpaired) electrons. The first kappa shape index (κ1) is 14.6. The number of aromatic nitrogens is 2. The lowest BCUT2D eigenvalue weighted by Crippen LogP contribution is -2.36. The third-order valence-electron chi connectivity index (χ3n) is 4.48. The molecule has 0 saturated carbocycles. The smallest absolute Gasteiger partial charge is 0.254 e. The van der Waals surface area contributed by atoms with Crippen molar-refractivity contribution in [3.05, 3.63) is 40.8 Å². The summed E-state index contributed by atoms with van der Waals surface area (Å²) < 4.78 is 6.07. The quantitative estimate of drug-likeness (QED) is 0.932. The van der Waals surface area contributed by atoms with Crippen molar-refractivity contribution in [2.24, 2.45) is 0 Å². The molecule has 7 heteroatoms. The number of amides is 1. The number of carbonyl (C=O) groups is 1. The average Bonchev–Trinajstić information content (AvgIpc) is 3.31. The highest BCUT2D eigenvalue weighted by Crippen LogP contribution is 2.36. The molecule has 0 aliphatic carbocycles. The molecule has 6 nitrogen and oxygen atoms in total. The van der Waals surface area contributed by atoms with Crippen molar-refractivity contribution < 1.29 is 9.53 Å². The van der Waals surface area contributed by atoms with Gasteiger partial charge in [-0.15, -0.1) is 0 Å². The highest BCUT2D eigenvalue weighted by atomic mass is 32.1. The Morgan fingerprint density at radius 3 is 3.09 bits per heavy atom. The van der Waals surface area contributed by atoms with Crippen LogP contribution in [-0.2, 0) is 4.74 Å². The van der Waals surface area contributed by atoms with Gasteiger partial charge in [-0.05, 0) is 23.9 Å². The third kappa shape index (κ3) is 2.94. The molecule has 2 atom stereocenters. The number of thiophene rings is 1. The molecular weight excluding hydrogens is 312 g/mol. The molecule has 1 N–H and O–H groups in total. The van der Waals surface area contributed by atoms with E-state index in [9.17, 15) is 4.79 Å². The molecule has 23 heavy (non-hydrogen) atoms. The second kappa shape index (κ2) is 5.90. The molecule has 2 aromatic heterocycles. The normalized spacial score (nSPS) is 26.8. The van der Waals surface area contributed by atoms with E-state index in [4.69, 9.17) is 4.74 Å². The number of hydrogen-bond acceptors (Lipinski definition) is 6. The summed E-state index contributed by atoms with van der Waals surface area (Å²) in [4.78, 5) is 22.8. The minimum Gasteiger partial charge on any atom is -0.371 e. The number of nitrogens with one attached hydrogen (secondary N) is 1. The lowest BCUT2D eigenvalue weighted by molar-refractivity contribution is 0.0125. The molecular formula is C16H18N4O2S. The van der Waals surface area contributed by atoms with Crippen molar-refractivity contribution in [2.45, 2.75) is 24.5 Å². The van der Waals surface area contributed by atoms with Crippen LogP contribution in [0.4, 0.5) is 5.95 Å². The predicted octanol–water partition coefficient (Wildman–Crippen LogP) is 2.02. The van der Waals surface area contributed by atoms with Gasteiger partial charge in [0.1, 0.15) is 0 Å². The first-order valence-electron chi connectivity index (χ1n) is 7.73. The summed E-state index contributed by atoms with van der Waals surface area (Å²) in [6.45, 7) is 2.04. The molecule has 2 aromatic rings. The van der Waals surface area contributed by atoms with Crippen LogP contribution in [0.15, 0.2) is 35.3 Å². The van der Waals surface area contributed by atoms with Crippen LogP contribution < -0.4 is 5.32 Å². The van der Waals surface area contributed by atoms with Gasteiger partial charge < -0.3 is 15.0 Å². The van der Waals surface area contributed by atoms with E-state index in [2.05, 4.69) is 15.3 Å². The van der Waals surface area contributed by atoms with Crippen LogP contribution in [0.1, 0.15) is 23.2 Å². The summed E-state index contributed by atoms with van der Waals surface area (Å²) in [6.07, 6.45) is 5.20. The Bertz CT molecular complexity index is 679. The molecule has 0 aromatic carbocycles. The maximum Gasteiger partial charge on any atom is 0.254 e. The highest BCUT2D eigenvalue weighted by Gasteiger charge is 2.47. The van der Waals surface area contributed by atoms with E-state index in [-0.39, 0.29) is 17.6 Å². The van der Waals surface area contributed by atoms with Gasteiger partial charge in [0, 0.05) is 30.7 Å². The maximum atomic E-state index is 12.5. The van der Waals surface area contributed by atoms with Gasteiger partial charge in [0.05, 0.1) is 30.4 Å². The molecule has 4 heterocycles. The first-order valence-corrected chi connectivity index (χ1v) is 8.67. The van der Waals surface area contributed by atoms with Crippen LogP contribution in [-0.4, -0.2) is 52.1 Å². The second-order valence-corrected chi connectivity index (χ2v) is 6.88. The van der Waals surface area contributed by atoms with Gasteiger partial charge in [0.2, 0.25) is 5.95 Å². The Labute approximate surface area is 138 Å². The van der Waals surface area contributed by atoms with Gasteiger partial charge in [-0.1, -0.05) is 0 Å². The summed E-state index contributed by atoms with van der Waals surface area (Å²) in [7, 11) is 0. The molecule has 4 rings (SSSR count). The number of hydrogen-bond donors (Lipinski definition) is 1. The Hall–Kier alpha value is -1.99. The fourth-order valence-corrected chi connectivity index (χ4v) is 3.99. The number of anilines is 1. The molecule has 1 spiro atoms. The van der Waals surface area contributed by atoms with Crippen LogP contribution >= 0.6 is 11.3 Å². The van der Waals surface area contributed by atoms with E-state index in [1.807, 2.05) is 21.7 Å². The zero-order valence-electron chi connectivity index (χ0n) is 12.6. The van der Waals surface area contributed by atoms with Crippen molar-refractivity contribution in [3.8, 4) is 0 Å². The summed E-state index contributed by atoms with van der Waals surface area (Å²) in [5.41, 5.74) is 0.551. The molecule has 120 valence electrons. The van der Waals surface area contributed by atoms with Gasteiger partial charge in [0.15, 0.2) is 0 Å². The van der Waals surface area contributed by atoms with E-state index in [1.165, 1.54) is 0 Å². The van der Waals surface area contributed by atoms with Crippen molar-refractivity contribution >= 4 is 23.2 Å². The van der Waals surface area contributed by atoms with Crippen LogP contribution in [0.3, 0.4) is 0 Å². The zero-order chi connectivity index (χ0) is 15.7. The van der Waals surface area contributed by atoms with E-state index >= 15 is 0 Å². The number of carbonyl (C=O) groups excluding carboxylic acids is 1. The molecule has 1 amide bonds. The van der Waals surface area contributed by atoms with Crippen LogP contribution in [0.25, 0.3) is 0 Å². The largest absolute Gasteiger partial charge is 0.371 e. The lowest BCUT2D eigenvalue weighted by atomic mass is 9.97. The Morgan fingerprint density at radius 2 is 2.30 bits per heavy atom. The highest BCUT2D eigenvalue weighted by molar-refractivity contribution is 7.08. The molecule has 0 unspecified atom stereocenters. The summed E-state index contributed by atoms with van der Waals surface area (Å²) in [5.74, 6) is 0.733. The molecule has 2 saturated heterocycles. The van der Waals surface area contributed by atoms with Crippen molar-refractivity contribution in [3.63, 3.8) is 0 Å². The van der Waals surface area contributed by atoms with Gasteiger partial charge in [0.25, 0.3) is 5.91 Å². The lowest BCUT2D eigenvalue weighted by Gasteiger charge is -2.23. The Kier molecular flexibility index (Phi) is 3.74. The van der Waals surface area contributed by atoms with E-state index in [1.54, 1.807) is 29.8 Å². The van der Waals surface area contributed by atoms with Gasteiger partial charge >= 0.3 is 0 Å². The SMILES string of the molecule is O=C(c1ccsc1)N1CC[C@]2(C[C@H](Nc3ncccn3)CO2)C1. The monoisotopic (exact) mass is 330 g/mol. The van der Waals surface area contributed by atoms with Gasteiger partial charge in [-0.2, -0.15) is 11.3 Å². The van der Waals surface area contributed by atoms with Crippen LogP contribution in [0.2, 0.25) is 0 Å². The number of likely N-dealkylation sites (tertiary alicyclic amines) is 1. The molecule has 2 aliphatic rings. The molecule has 2 aliphatic heterocycles. The molecule has 0 bridgehead atoms. The number of rotatable bonds is 3. The molecule has 2 fully saturated rings. The minimum atomic E-state index is -0.224. The number of nitrogens with zero attached hydrogens (tertiary/aromatic N) is 3. The van der Waals surface area contributed by atoms with Crippen molar-refractivity contribution in [1.29, 1.82) is 0 Å². The predicted molar refractivity (Wildman–Crippen MR) is 87.6 cm³/mol. The average molecular weight is 330 g/mol. The van der Waals surface area contributed by atoms with Gasteiger partial charge in [-0.3, -0.25) is 4.79 Å².